The van der Waals surface area contributed by atoms with Gasteiger partial charge in [0.2, 0.25) is 11.8 Å². The van der Waals surface area contributed by atoms with Crippen LogP contribution in [0.2, 0.25) is 0 Å². The molecule has 25 heavy (non-hydrogen) atoms. The average molecular weight is 337 g/mol. The van der Waals surface area contributed by atoms with E-state index in [0.717, 1.165) is 17.5 Å². The number of carbonyl (C=O) groups excluding carboxylic acids is 2. The van der Waals surface area contributed by atoms with Crippen molar-refractivity contribution >= 4 is 11.8 Å². The molecular weight excluding hydrogens is 314 g/mol. The van der Waals surface area contributed by atoms with Crippen molar-refractivity contribution in [1.29, 1.82) is 0 Å². The molecule has 0 saturated heterocycles. The highest BCUT2D eigenvalue weighted by molar-refractivity contribution is 5.79. The van der Waals surface area contributed by atoms with Crippen molar-refractivity contribution in [1.82, 2.24) is 14.8 Å². The van der Waals surface area contributed by atoms with E-state index in [9.17, 15) is 9.59 Å². The van der Waals surface area contributed by atoms with Gasteiger partial charge in [-0.1, -0.05) is 30.3 Å². The van der Waals surface area contributed by atoms with Crippen molar-refractivity contribution in [3.63, 3.8) is 0 Å². The van der Waals surface area contributed by atoms with Gasteiger partial charge in [-0.15, -0.1) is 0 Å². The quantitative estimate of drug-likeness (QED) is 0.862. The molecule has 0 fully saturated rings. The Morgan fingerprint density at radius 3 is 2.76 bits per heavy atom. The summed E-state index contributed by atoms with van der Waals surface area (Å²) in [5, 5.41) is 0. The Morgan fingerprint density at radius 2 is 2.04 bits per heavy atom. The minimum absolute atomic E-state index is 0.0159. The van der Waals surface area contributed by atoms with Gasteiger partial charge in [-0.05, 0) is 29.2 Å². The number of hydrogen-bond donors (Lipinski definition) is 0. The van der Waals surface area contributed by atoms with E-state index in [-0.39, 0.29) is 17.9 Å². The molecule has 2 aromatic rings. The van der Waals surface area contributed by atoms with Crippen molar-refractivity contribution in [2.45, 2.75) is 32.4 Å². The molecule has 5 heteroatoms. The van der Waals surface area contributed by atoms with Gasteiger partial charge in [-0.2, -0.15) is 0 Å². The maximum absolute atomic E-state index is 12.8. The molecule has 0 N–H and O–H groups in total. The highest BCUT2D eigenvalue weighted by Gasteiger charge is 2.31. The molecule has 0 aliphatic carbocycles. The summed E-state index contributed by atoms with van der Waals surface area (Å²) in [6, 6.07) is 11.7. The van der Waals surface area contributed by atoms with Crippen LogP contribution in [0.5, 0.6) is 0 Å². The first kappa shape index (κ1) is 17.1. The Hall–Kier alpha value is -2.69. The van der Waals surface area contributed by atoms with Crippen LogP contribution in [0.4, 0.5) is 0 Å². The first-order valence-electron chi connectivity index (χ1n) is 8.54. The molecule has 2 amide bonds. The van der Waals surface area contributed by atoms with E-state index in [1.807, 2.05) is 35.2 Å². The summed E-state index contributed by atoms with van der Waals surface area (Å²) in [6.07, 6.45) is 4.62. The van der Waals surface area contributed by atoms with E-state index in [4.69, 9.17) is 0 Å². The maximum atomic E-state index is 12.8. The summed E-state index contributed by atoms with van der Waals surface area (Å²) in [5.74, 6) is 0.0408. The van der Waals surface area contributed by atoms with Crippen molar-refractivity contribution in [3.05, 3.63) is 65.5 Å². The number of pyridine rings is 1. The van der Waals surface area contributed by atoms with Gasteiger partial charge in [0, 0.05) is 39.5 Å². The third-order valence-corrected chi connectivity index (χ3v) is 4.75. The molecule has 0 spiro atoms. The molecule has 1 aliphatic heterocycles. The molecule has 1 aliphatic rings. The van der Waals surface area contributed by atoms with Crippen molar-refractivity contribution < 1.29 is 9.59 Å². The Labute approximate surface area is 148 Å². The molecular formula is C20H23N3O2. The fraction of sp³-hybridized carbons (Fsp3) is 0.350. The lowest BCUT2D eigenvalue weighted by molar-refractivity contribution is -0.136. The lowest BCUT2D eigenvalue weighted by atomic mass is 9.90. The zero-order valence-corrected chi connectivity index (χ0v) is 14.7. The van der Waals surface area contributed by atoms with Crippen LogP contribution in [0, 0.1) is 0 Å². The summed E-state index contributed by atoms with van der Waals surface area (Å²) < 4.78 is 0. The van der Waals surface area contributed by atoms with Gasteiger partial charge in [0.25, 0.3) is 0 Å². The minimum Gasteiger partial charge on any atom is -0.341 e. The highest BCUT2D eigenvalue weighted by atomic mass is 16.2. The SMILES string of the molecule is CC(=O)N1CCc2ccccc2C1CC(=O)N(C)Cc1cccnc1. The lowest BCUT2D eigenvalue weighted by Gasteiger charge is -2.37. The van der Waals surface area contributed by atoms with Crippen LogP contribution in [0.15, 0.2) is 48.8 Å². The molecule has 1 unspecified atom stereocenters. The average Bonchev–Trinajstić information content (AvgIpc) is 2.62. The van der Waals surface area contributed by atoms with Gasteiger partial charge in [0.1, 0.15) is 0 Å². The molecule has 0 radical (unpaired) electrons. The van der Waals surface area contributed by atoms with Crippen LogP contribution in [-0.2, 0) is 22.6 Å². The second kappa shape index (κ2) is 7.47. The third kappa shape index (κ3) is 3.87. The second-order valence-corrected chi connectivity index (χ2v) is 6.49. The Kier molecular flexibility index (Phi) is 5.12. The van der Waals surface area contributed by atoms with Crippen molar-refractivity contribution in [2.75, 3.05) is 13.6 Å². The molecule has 1 aromatic heterocycles. The minimum atomic E-state index is -0.189. The van der Waals surface area contributed by atoms with Gasteiger partial charge in [-0.25, -0.2) is 0 Å². The van der Waals surface area contributed by atoms with E-state index < -0.39 is 0 Å². The number of amides is 2. The number of fused-ring (bicyclic) bond motifs is 1. The van der Waals surface area contributed by atoms with E-state index in [1.165, 1.54) is 5.56 Å². The second-order valence-electron chi connectivity index (χ2n) is 6.49. The van der Waals surface area contributed by atoms with Gasteiger partial charge in [-0.3, -0.25) is 14.6 Å². The van der Waals surface area contributed by atoms with Gasteiger partial charge in [0.05, 0.1) is 12.5 Å². The first-order chi connectivity index (χ1) is 12.1. The summed E-state index contributed by atoms with van der Waals surface area (Å²) in [6.45, 7) is 2.75. The van der Waals surface area contributed by atoms with E-state index in [1.54, 1.807) is 31.3 Å². The van der Waals surface area contributed by atoms with Crippen molar-refractivity contribution in [3.8, 4) is 0 Å². The van der Waals surface area contributed by atoms with Gasteiger partial charge < -0.3 is 9.80 Å². The maximum Gasteiger partial charge on any atom is 0.225 e. The number of hydrogen-bond acceptors (Lipinski definition) is 3. The molecule has 0 bridgehead atoms. The topological polar surface area (TPSA) is 53.5 Å². The number of benzene rings is 1. The normalized spacial score (nSPS) is 16.2. The molecule has 1 aromatic carbocycles. The predicted molar refractivity (Wildman–Crippen MR) is 95.6 cm³/mol. The summed E-state index contributed by atoms with van der Waals surface area (Å²) in [5.41, 5.74) is 3.31. The monoisotopic (exact) mass is 337 g/mol. The molecule has 2 heterocycles. The Bertz CT molecular complexity index is 761. The Morgan fingerprint density at radius 1 is 1.24 bits per heavy atom. The third-order valence-electron chi connectivity index (χ3n) is 4.75. The number of rotatable bonds is 4. The first-order valence-corrected chi connectivity index (χ1v) is 8.54. The predicted octanol–water partition coefficient (Wildman–Crippen LogP) is 2.58. The van der Waals surface area contributed by atoms with E-state index in [0.29, 0.717) is 19.5 Å². The highest BCUT2D eigenvalue weighted by Crippen LogP contribution is 2.32. The van der Waals surface area contributed by atoms with Crippen LogP contribution in [0.25, 0.3) is 0 Å². The summed E-state index contributed by atoms with van der Waals surface area (Å²) in [7, 11) is 1.79. The van der Waals surface area contributed by atoms with Crippen LogP contribution >= 0.6 is 0 Å². The number of carbonyl (C=O) groups is 2. The molecule has 130 valence electrons. The van der Waals surface area contributed by atoms with Gasteiger partial charge in [0.15, 0.2) is 0 Å². The van der Waals surface area contributed by atoms with E-state index in [2.05, 4.69) is 11.1 Å². The smallest absolute Gasteiger partial charge is 0.225 e. The van der Waals surface area contributed by atoms with Crippen LogP contribution < -0.4 is 0 Å². The van der Waals surface area contributed by atoms with Crippen LogP contribution in [0.3, 0.4) is 0 Å². The zero-order valence-electron chi connectivity index (χ0n) is 14.7. The zero-order chi connectivity index (χ0) is 17.8. The summed E-state index contributed by atoms with van der Waals surface area (Å²) in [4.78, 5) is 32.4. The standard InChI is InChI=1S/C20H23N3O2/c1-15(24)23-11-9-17-7-3-4-8-18(17)19(23)12-20(25)22(2)14-16-6-5-10-21-13-16/h3-8,10,13,19H,9,11-12,14H2,1-2H3. The number of aromatic nitrogens is 1. The fourth-order valence-electron chi connectivity index (χ4n) is 3.42. The lowest BCUT2D eigenvalue weighted by Crippen LogP contribution is -2.41. The number of nitrogens with zero attached hydrogens (tertiary/aromatic N) is 3. The Balaban J connectivity index is 1.76. The largest absolute Gasteiger partial charge is 0.341 e. The summed E-state index contributed by atoms with van der Waals surface area (Å²) >= 11 is 0. The molecule has 3 rings (SSSR count). The van der Waals surface area contributed by atoms with Crippen LogP contribution in [-0.4, -0.2) is 40.2 Å². The fourth-order valence-corrected chi connectivity index (χ4v) is 3.42. The molecule has 1 atom stereocenters. The van der Waals surface area contributed by atoms with E-state index >= 15 is 0 Å². The molecule has 0 saturated carbocycles. The van der Waals surface area contributed by atoms with Crippen LogP contribution in [0.1, 0.15) is 36.1 Å². The van der Waals surface area contributed by atoms with Gasteiger partial charge >= 0.3 is 0 Å². The molecule has 5 nitrogen and oxygen atoms in total. The van der Waals surface area contributed by atoms with Crippen molar-refractivity contribution in [2.24, 2.45) is 0 Å².